The third kappa shape index (κ3) is 6.36. The van der Waals surface area contributed by atoms with Gasteiger partial charge >= 0.3 is 0 Å². The number of nitrogen functional groups attached to an aromatic ring is 1. The molecule has 10 nitrogen and oxygen atoms in total. The highest BCUT2D eigenvalue weighted by atomic mass is 15.2. The van der Waals surface area contributed by atoms with Crippen LogP contribution in [-0.2, 0) is 13.1 Å². The Hall–Kier alpha value is -6.16. The molecule has 7 aromatic rings. The van der Waals surface area contributed by atoms with Crippen LogP contribution in [0.1, 0.15) is 22.5 Å². The van der Waals surface area contributed by atoms with Gasteiger partial charge < -0.3 is 16.4 Å². The summed E-state index contributed by atoms with van der Waals surface area (Å²) in [5.74, 6) is 2.51. The van der Waals surface area contributed by atoms with Crippen molar-refractivity contribution in [1.82, 2.24) is 29.9 Å². The first kappa shape index (κ1) is 28.6. The Morgan fingerprint density at radius 1 is 0.522 bits per heavy atom. The lowest BCUT2D eigenvalue weighted by Crippen LogP contribution is -2.08. The minimum absolute atomic E-state index is 0.345. The highest BCUT2D eigenvalue weighted by Crippen LogP contribution is 2.28. The smallest absolute Gasteiger partial charge is 0.232 e. The second kappa shape index (κ2) is 12.4. The number of para-hydroxylation sites is 1. The number of benzene rings is 4. The number of nitrogens with zero attached hydrogens (tertiary/aromatic N) is 6. The monoisotopic (exact) mass is 604 g/mol. The van der Waals surface area contributed by atoms with Gasteiger partial charge in [-0.25, -0.2) is 19.9 Å². The van der Waals surface area contributed by atoms with E-state index >= 15 is 0 Å². The molecule has 4 aromatic carbocycles. The summed E-state index contributed by atoms with van der Waals surface area (Å²) in [5.41, 5.74) is 14.0. The first-order valence-corrected chi connectivity index (χ1v) is 15.0. The summed E-state index contributed by atoms with van der Waals surface area (Å²) >= 11 is 0. The van der Waals surface area contributed by atoms with Gasteiger partial charge in [-0.3, -0.25) is 5.32 Å². The molecule has 5 N–H and O–H groups in total. The SMILES string of the molecule is Cc1cc(C)nc(Nc2nc(N)c3ccc(-c4cccc(CNc5nc(NCc6ccccc6)c6ccccc6n5)c4)cc3n2)n1. The lowest BCUT2D eigenvalue weighted by molar-refractivity contribution is 1.05. The molecule has 7 rings (SSSR count). The maximum Gasteiger partial charge on any atom is 0.232 e. The van der Waals surface area contributed by atoms with Crippen molar-refractivity contribution >= 4 is 51.3 Å². The zero-order chi connectivity index (χ0) is 31.5. The Balaban J connectivity index is 1.11. The van der Waals surface area contributed by atoms with E-state index in [1.165, 1.54) is 5.56 Å². The van der Waals surface area contributed by atoms with E-state index in [0.717, 1.165) is 55.7 Å². The van der Waals surface area contributed by atoms with Crippen molar-refractivity contribution < 1.29 is 0 Å². The summed E-state index contributed by atoms with van der Waals surface area (Å²) < 4.78 is 0. The normalized spacial score (nSPS) is 11.1. The fraction of sp³-hybridized carbons (Fsp3) is 0.111. The number of aryl methyl sites for hydroxylation is 2. The molecule has 3 aromatic heterocycles. The minimum Gasteiger partial charge on any atom is -0.383 e. The Kier molecular flexibility index (Phi) is 7.74. The van der Waals surface area contributed by atoms with Crippen molar-refractivity contribution in [3.63, 3.8) is 0 Å². The van der Waals surface area contributed by atoms with Crippen LogP contribution in [0.15, 0.2) is 103 Å². The molecule has 3 heterocycles. The topological polar surface area (TPSA) is 139 Å². The van der Waals surface area contributed by atoms with Crippen molar-refractivity contribution in [2.75, 3.05) is 21.7 Å². The number of nitrogens with two attached hydrogens (primary N) is 1. The van der Waals surface area contributed by atoms with Crippen LogP contribution in [0.25, 0.3) is 32.9 Å². The van der Waals surface area contributed by atoms with Gasteiger partial charge in [0.1, 0.15) is 11.6 Å². The van der Waals surface area contributed by atoms with Gasteiger partial charge in [0.2, 0.25) is 17.8 Å². The van der Waals surface area contributed by atoms with Crippen LogP contribution in [0.3, 0.4) is 0 Å². The summed E-state index contributed by atoms with van der Waals surface area (Å²) in [5, 5.41) is 11.8. The van der Waals surface area contributed by atoms with Gasteiger partial charge in [-0.1, -0.05) is 66.7 Å². The van der Waals surface area contributed by atoms with E-state index in [1.807, 2.05) is 86.6 Å². The quantitative estimate of drug-likeness (QED) is 0.134. The van der Waals surface area contributed by atoms with Crippen molar-refractivity contribution in [3.05, 3.63) is 126 Å². The molecule has 0 saturated heterocycles. The Bertz CT molecular complexity index is 2160. The van der Waals surface area contributed by atoms with E-state index in [9.17, 15) is 0 Å². The highest BCUT2D eigenvalue weighted by molar-refractivity contribution is 5.92. The largest absolute Gasteiger partial charge is 0.383 e. The van der Waals surface area contributed by atoms with Gasteiger partial charge in [-0.15, -0.1) is 0 Å². The minimum atomic E-state index is 0.345. The van der Waals surface area contributed by atoms with Crippen molar-refractivity contribution in [2.45, 2.75) is 26.9 Å². The molecule has 0 bridgehead atoms. The van der Waals surface area contributed by atoms with Crippen LogP contribution >= 0.6 is 0 Å². The maximum atomic E-state index is 6.32. The van der Waals surface area contributed by atoms with Crippen LogP contribution < -0.4 is 21.7 Å². The van der Waals surface area contributed by atoms with Crippen LogP contribution in [0.4, 0.5) is 29.5 Å². The molecule has 0 aliphatic heterocycles. The van der Waals surface area contributed by atoms with Crippen molar-refractivity contribution in [3.8, 4) is 11.1 Å². The molecular formula is C36H32N10. The molecule has 0 atom stereocenters. The summed E-state index contributed by atoms with van der Waals surface area (Å²) in [6.45, 7) is 5.06. The zero-order valence-corrected chi connectivity index (χ0v) is 25.5. The summed E-state index contributed by atoms with van der Waals surface area (Å²) in [6, 6.07) is 34.6. The zero-order valence-electron chi connectivity index (χ0n) is 25.5. The second-order valence-corrected chi connectivity index (χ2v) is 11.1. The predicted molar refractivity (Wildman–Crippen MR) is 185 cm³/mol. The lowest BCUT2D eigenvalue weighted by Gasteiger charge is -2.13. The Morgan fingerprint density at radius 3 is 2.07 bits per heavy atom. The highest BCUT2D eigenvalue weighted by Gasteiger charge is 2.11. The second-order valence-electron chi connectivity index (χ2n) is 11.1. The van der Waals surface area contributed by atoms with E-state index in [2.05, 4.69) is 61.2 Å². The van der Waals surface area contributed by atoms with E-state index in [0.29, 0.717) is 36.8 Å². The van der Waals surface area contributed by atoms with E-state index < -0.39 is 0 Å². The molecule has 0 aliphatic carbocycles. The number of anilines is 5. The van der Waals surface area contributed by atoms with Crippen LogP contribution in [0, 0.1) is 13.8 Å². The molecule has 46 heavy (non-hydrogen) atoms. The third-order valence-corrected chi connectivity index (χ3v) is 7.55. The summed E-state index contributed by atoms with van der Waals surface area (Å²) in [7, 11) is 0. The fourth-order valence-corrected chi connectivity index (χ4v) is 5.39. The molecule has 10 heteroatoms. The van der Waals surface area contributed by atoms with Crippen LogP contribution in [-0.4, -0.2) is 29.9 Å². The molecule has 0 amide bonds. The molecule has 0 aliphatic rings. The first-order valence-electron chi connectivity index (χ1n) is 15.0. The number of rotatable bonds is 9. The van der Waals surface area contributed by atoms with Crippen LogP contribution in [0.5, 0.6) is 0 Å². The molecular weight excluding hydrogens is 572 g/mol. The van der Waals surface area contributed by atoms with Gasteiger partial charge in [-0.05, 0) is 72.5 Å². The number of hydrogen-bond acceptors (Lipinski definition) is 10. The molecule has 0 spiro atoms. The first-order chi connectivity index (χ1) is 22.5. The van der Waals surface area contributed by atoms with Gasteiger partial charge in [0.15, 0.2) is 0 Å². The number of fused-ring (bicyclic) bond motifs is 2. The van der Waals surface area contributed by atoms with E-state index in [4.69, 9.17) is 20.7 Å². The molecule has 0 saturated carbocycles. The van der Waals surface area contributed by atoms with E-state index in [-0.39, 0.29) is 0 Å². The van der Waals surface area contributed by atoms with Crippen LogP contribution in [0.2, 0.25) is 0 Å². The molecule has 0 unspecified atom stereocenters. The molecule has 226 valence electrons. The fourth-order valence-electron chi connectivity index (χ4n) is 5.39. The molecule has 0 radical (unpaired) electrons. The maximum absolute atomic E-state index is 6.32. The third-order valence-electron chi connectivity index (χ3n) is 7.55. The van der Waals surface area contributed by atoms with Gasteiger partial charge in [0, 0.05) is 35.2 Å². The van der Waals surface area contributed by atoms with Gasteiger partial charge in [0.25, 0.3) is 0 Å². The number of aromatic nitrogens is 6. The Morgan fingerprint density at radius 2 is 1.22 bits per heavy atom. The van der Waals surface area contributed by atoms with Gasteiger partial charge in [0.05, 0.1) is 11.0 Å². The average molecular weight is 605 g/mol. The number of hydrogen-bond donors (Lipinski definition) is 4. The number of nitrogens with one attached hydrogen (secondary N) is 3. The molecule has 0 fully saturated rings. The standard InChI is InChI=1S/C36H32N10/c1-22-17-23(2)41-35(40-22)46-36-43-31-19-27(15-16-28(31)32(37)44-36)26-12-8-11-25(18-26)21-39-34-42-30-14-7-6-13-29(30)33(45-34)38-20-24-9-4-3-5-10-24/h3-19H,20-21H2,1-2H3,(H2,38,39,42,45)(H3,37,40,41,43,44,46). The van der Waals surface area contributed by atoms with Crippen molar-refractivity contribution in [1.29, 1.82) is 0 Å². The predicted octanol–water partition coefficient (Wildman–Crippen LogP) is 7.20. The average Bonchev–Trinajstić information content (AvgIpc) is 3.06. The lowest BCUT2D eigenvalue weighted by atomic mass is 10.0. The summed E-state index contributed by atoms with van der Waals surface area (Å²) in [4.78, 5) is 27.6. The summed E-state index contributed by atoms with van der Waals surface area (Å²) in [6.07, 6.45) is 0. The van der Waals surface area contributed by atoms with E-state index in [1.54, 1.807) is 0 Å². The van der Waals surface area contributed by atoms with Gasteiger partial charge in [-0.2, -0.15) is 9.97 Å². The Labute approximate surface area is 266 Å². The van der Waals surface area contributed by atoms with Crippen molar-refractivity contribution in [2.24, 2.45) is 0 Å².